The van der Waals surface area contributed by atoms with Crippen LogP contribution in [0.2, 0.25) is 0 Å². The van der Waals surface area contributed by atoms with Crippen molar-refractivity contribution >= 4 is 16.7 Å². The standard InChI is InChI=1S/C16H18N4/c1-11-4-5-15-14(8-11)19-16(20(15)3)10-18-13-6-7-17-12(2)9-13/h4-9H,10H2,1-3H3,(H,17,18). The van der Waals surface area contributed by atoms with E-state index >= 15 is 0 Å². The monoisotopic (exact) mass is 266 g/mol. The molecule has 4 heteroatoms. The van der Waals surface area contributed by atoms with Gasteiger partial charge in [0.05, 0.1) is 17.6 Å². The number of nitrogens with one attached hydrogen (secondary N) is 1. The number of imidazole rings is 1. The minimum atomic E-state index is 0.702. The Balaban J connectivity index is 1.86. The number of fused-ring (bicyclic) bond motifs is 1. The summed E-state index contributed by atoms with van der Waals surface area (Å²) in [5, 5.41) is 3.39. The molecular weight excluding hydrogens is 248 g/mol. The zero-order valence-electron chi connectivity index (χ0n) is 12.0. The third kappa shape index (κ3) is 2.37. The van der Waals surface area contributed by atoms with Gasteiger partial charge >= 0.3 is 0 Å². The first-order valence-corrected chi connectivity index (χ1v) is 6.72. The van der Waals surface area contributed by atoms with Gasteiger partial charge in [-0.2, -0.15) is 0 Å². The van der Waals surface area contributed by atoms with Crippen LogP contribution < -0.4 is 5.32 Å². The summed E-state index contributed by atoms with van der Waals surface area (Å²) >= 11 is 0. The van der Waals surface area contributed by atoms with Crippen LogP contribution in [0.1, 0.15) is 17.1 Å². The van der Waals surface area contributed by atoms with E-state index in [0.717, 1.165) is 22.7 Å². The molecule has 1 aromatic carbocycles. The quantitative estimate of drug-likeness (QED) is 0.791. The van der Waals surface area contributed by atoms with Crippen molar-refractivity contribution in [1.82, 2.24) is 14.5 Å². The predicted octanol–water partition coefficient (Wildman–Crippen LogP) is 3.20. The highest BCUT2D eigenvalue weighted by molar-refractivity contribution is 5.76. The molecule has 0 bridgehead atoms. The molecule has 0 amide bonds. The largest absolute Gasteiger partial charge is 0.378 e. The third-order valence-corrected chi connectivity index (χ3v) is 3.48. The number of aryl methyl sites for hydroxylation is 3. The Labute approximate surface area is 118 Å². The van der Waals surface area contributed by atoms with Crippen molar-refractivity contribution in [2.45, 2.75) is 20.4 Å². The van der Waals surface area contributed by atoms with Crippen LogP contribution in [0.5, 0.6) is 0 Å². The van der Waals surface area contributed by atoms with E-state index in [1.54, 1.807) is 0 Å². The van der Waals surface area contributed by atoms with E-state index in [1.807, 2.05) is 25.3 Å². The third-order valence-electron chi connectivity index (χ3n) is 3.48. The summed E-state index contributed by atoms with van der Waals surface area (Å²) in [6.45, 7) is 4.78. The van der Waals surface area contributed by atoms with Crippen molar-refractivity contribution in [3.8, 4) is 0 Å². The SMILES string of the molecule is Cc1ccc2c(c1)nc(CNc1ccnc(C)c1)n2C. The van der Waals surface area contributed by atoms with Crippen molar-refractivity contribution < 1.29 is 0 Å². The summed E-state index contributed by atoms with van der Waals surface area (Å²) in [6.07, 6.45) is 1.82. The Bertz CT molecular complexity index is 758. The smallest absolute Gasteiger partial charge is 0.128 e. The molecule has 102 valence electrons. The number of hydrogen-bond donors (Lipinski definition) is 1. The highest BCUT2D eigenvalue weighted by Crippen LogP contribution is 2.17. The molecule has 1 N–H and O–H groups in total. The molecule has 20 heavy (non-hydrogen) atoms. The summed E-state index contributed by atoms with van der Waals surface area (Å²) in [4.78, 5) is 8.89. The highest BCUT2D eigenvalue weighted by Gasteiger charge is 2.07. The van der Waals surface area contributed by atoms with Crippen molar-refractivity contribution in [2.24, 2.45) is 7.05 Å². The average Bonchev–Trinajstić information content (AvgIpc) is 2.72. The molecule has 2 aromatic heterocycles. The lowest BCUT2D eigenvalue weighted by Crippen LogP contribution is -2.06. The zero-order valence-corrected chi connectivity index (χ0v) is 12.0. The molecular formula is C16H18N4. The number of benzene rings is 1. The first-order valence-electron chi connectivity index (χ1n) is 6.72. The van der Waals surface area contributed by atoms with Gasteiger partial charge in [-0.05, 0) is 43.7 Å². The fraction of sp³-hybridized carbons (Fsp3) is 0.250. The molecule has 2 heterocycles. The Morgan fingerprint density at radius 2 is 2.00 bits per heavy atom. The molecule has 0 atom stereocenters. The van der Waals surface area contributed by atoms with Crippen molar-refractivity contribution in [2.75, 3.05) is 5.32 Å². The number of nitrogens with zero attached hydrogens (tertiary/aromatic N) is 3. The summed E-state index contributed by atoms with van der Waals surface area (Å²) in [5.41, 5.74) is 5.53. The minimum absolute atomic E-state index is 0.702. The maximum Gasteiger partial charge on any atom is 0.128 e. The van der Waals surface area contributed by atoms with E-state index in [4.69, 9.17) is 4.98 Å². The Morgan fingerprint density at radius 3 is 2.80 bits per heavy atom. The van der Waals surface area contributed by atoms with Gasteiger partial charge in [0.2, 0.25) is 0 Å². The van der Waals surface area contributed by atoms with Crippen LogP contribution in [-0.2, 0) is 13.6 Å². The second-order valence-electron chi connectivity index (χ2n) is 5.12. The van der Waals surface area contributed by atoms with Crippen LogP contribution in [0.25, 0.3) is 11.0 Å². The Hall–Kier alpha value is -2.36. The molecule has 0 aliphatic heterocycles. The molecule has 0 saturated heterocycles. The van der Waals surface area contributed by atoms with E-state index in [9.17, 15) is 0 Å². The summed E-state index contributed by atoms with van der Waals surface area (Å²) in [7, 11) is 2.06. The van der Waals surface area contributed by atoms with Gasteiger partial charge in [-0.1, -0.05) is 6.07 Å². The average molecular weight is 266 g/mol. The molecule has 3 aromatic rings. The first-order chi connectivity index (χ1) is 9.63. The molecule has 4 nitrogen and oxygen atoms in total. The van der Waals surface area contributed by atoms with Gasteiger partial charge < -0.3 is 9.88 Å². The fourth-order valence-electron chi connectivity index (χ4n) is 2.35. The van der Waals surface area contributed by atoms with Crippen LogP contribution in [0.4, 0.5) is 5.69 Å². The summed E-state index contributed by atoms with van der Waals surface area (Å²) < 4.78 is 2.13. The first kappa shape index (κ1) is 12.7. The van der Waals surface area contributed by atoms with Crippen LogP contribution >= 0.6 is 0 Å². The zero-order chi connectivity index (χ0) is 14.1. The summed E-state index contributed by atoms with van der Waals surface area (Å²) in [6, 6.07) is 10.4. The molecule has 0 aliphatic carbocycles. The van der Waals surface area contributed by atoms with Crippen LogP contribution in [0.15, 0.2) is 36.5 Å². The molecule has 0 spiro atoms. The van der Waals surface area contributed by atoms with Gasteiger partial charge in [0.1, 0.15) is 5.82 Å². The number of rotatable bonds is 3. The topological polar surface area (TPSA) is 42.7 Å². The second-order valence-corrected chi connectivity index (χ2v) is 5.12. The molecule has 3 rings (SSSR count). The Kier molecular flexibility index (Phi) is 3.14. The lowest BCUT2D eigenvalue weighted by molar-refractivity contribution is 0.834. The van der Waals surface area contributed by atoms with Crippen LogP contribution in [0.3, 0.4) is 0 Å². The van der Waals surface area contributed by atoms with Crippen molar-refractivity contribution in [3.63, 3.8) is 0 Å². The van der Waals surface area contributed by atoms with E-state index in [1.165, 1.54) is 11.1 Å². The second kappa shape index (κ2) is 4.96. The number of aromatic nitrogens is 3. The number of hydrogen-bond acceptors (Lipinski definition) is 3. The van der Waals surface area contributed by atoms with E-state index < -0.39 is 0 Å². The maximum absolute atomic E-state index is 4.70. The van der Waals surface area contributed by atoms with Crippen molar-refractivity contribution in [1.29, 1.82) is 0 Å². The van der Waals surface area contributed by atoms with E-state index in [-0.39, 0.29) is 0 Å². The lowest BCUT2D eigenvalue weighted by atomic mass is 10.2. The molecule has 0 saturated carbocycles. The molecule has 0 fully saturated rings. The molecule has 0 aliphatic rings. The van der Waals surface area contributed by atoms with Gasteiger partial charge in [0, 0.05) is 24.6 Å². The molecule has 0 radical (unpaired) electrons. The van der Waals surface area contributed by atoms with E-state index in [2.05, 4.69) is 47.0 Å². The lowest BCUT2D eigenvalue weighted by Gasteiger charge is -2.07. The summed E-state index contributed by atoms with van der Waals surface area (Å²) in [5.74, 6) is 1.03. The van der Waals surface area contributed by atoms with Crippen LogP contribution in [0, 0.1) is 13.8 Å². The van der Waals surface area contributed by atoms with Gasteiger partial charge in [-0.15, -0.1) is 0 Å². The van der Waals surface area contributed by atoms with Crippen molar-refractivity contribution in [3.05, 3.63) is 53.6 Å². The normalized spacial score (nSPS) is 10.9. The Morgan fingerprint density at radius 1 is 1.15 bits per heavy atom. The molecule has 0 unspecified atom stereocenters. The van der Waals surface area contributed by atoms with Crippen LogP contribution in [-0.4, -0.2) is 14.5 Å². The predicted molar refractivity (Wildman–Crippen MR) is 81.8 cm³/mol. The number of anilines is 1. The maximum atomic E-state index is 4.70. The van der Waals surface area contributed by atoms with E-state index in [0.29, 0.717) is 6.54 Å². The minimum Gasteiger partial charge on any atom is -0.378 e. The van der Waals surface area contributed by atoms with Gasteiger partial charge in [-0.25, -0.2) is 4.98 Å². The van der Waals surface area contributed by atoms with Gasteiger partial charge in [0.15, 0.2) is 0 Å². The van der Waals surface area contributed by atoms with Gasteiger partial charge in [0.25, 0.3) is 0 Å². The number of pyridine rings is 1. The van der Waals surface area contributed by atoms with Gasteiger partial charge in [-0.3, -0.25) is 4.98 Å². The fourth-order valence-corrected chi connectivity index (χ4v) is 2.35. The highest BCUT2D eigenvalue weighted by atomic mass is 15.1.